The molecule has 114 valence electrons. The van der Waals surface area contributed by atoms with E-state index in [0.29, 0.717) is 6.04 Å². The zero-order valence-electron chi connectivity index (χ0n) is 13.1. The SMILES string of the molecule is CC(C)n1nc(-c2ccc(Cl)cc2)c2cc3ccccc3cc21. The van der Waals surface area contributed by atoms with Gasteiger partial charge in [-0.3, -0.25) is 4.68 Å². The minimum absolute atomic E-state index is 0.305. The van der Waals surface area contributed by atoms with Crippen LogP contribution < -0.4 is 0 Å². The summed E-state index contributed by atoms with van der Waals surface area (Å²) in [7, 11) is 0. The summed E-state index contributed by atoms with van der Waals surface area (Å²) in [6.07, 6.45) is 0. The molecule has 23 heavy (non-hydrogen) atoms. The molecule has 0 fully saturated rings. The molecule has 3 heteroatoms. The smallest absolute Gasteiger partial charge is 0.100 e. The highest BCUT2D eigenvalue weighted by atomic mass is 35.5. The lowest BCUT2D eigenvalue weighted by atomic mass is 10.0. The molecule has 0 saturated heterocycles. The van der Waals surface area contributed by atoms with Gasteiger partial charge in [0.15, 0.2) is 0 Å². The van der Waals surface area contributed by atoms with Gasteiger partial charge >= 0.3 is 0 Å². The molecule has 0 atom stereocenters. The van der Waals surface area contributed by atoms with Gasteiger partial charge < -0.3 is 0 Å². The maximum absolute atomic E-state index is 6.03. The number of rotatable bonds is 2. The molecule has 3 aromatic carbocycles. The highest BCUT2D eigenvalue weighted by molar-refractivity contribution is 6.30. The van der Waals surface area contributed by atoms with Crippen molar-refractivity contribution in [3.8, 4) is 11.3 Å². The van der Waals surface area contributed by atoms with Crippen LogP contribution in [-0.2, 0) is 0 Å². The predicted molar refractivity (Wildman–Crippen MR) is 98.1 cm³/mol. The van der Waals surface area contributed by atoms with E-state index in [4.69, 9.17) is 16.7 Å². The van der Waals surface area contributed by atoms with Crippen molar-refractivity contribution in [3.63, 3.8) is 0 Å². The first kappa shape index (κ1) is 14.3. The summed E-state index contributed by atoms with van der Waals surface area (Å²) in [5.41, 5.74) is 3.27. The maximum Gasteiger partial charge on any atom is 0.100 e. The number of hydrogen-bond donors (Lipinski definition) is 0. The van der Waals surface area contributed by atoms with Crippen LogP contribution >= 0.6 is 11.6 Å². The number of nitrogens with zero attached hydrogens (tertiary/aromatic N) is 2. The summed E-state index contributed by atoms with van der Waals surface area (Å²) in [4.78, 5) is 0. The molecule has 0 saturated carbocycles. The Hall–Kier alpha value is -2.32. The lowest BCUT2D eigenvalue weighted by Crippen LogP contribution is -2.02. The third-order valence-electron chi connectivity index (χ3n) is 4.18. The van der Waals surface area contributed by atoms with Crippen LogP contribution in [0.3, 0.4) is 0 Å². The van der Waals surface area contributed by atoms with Crippen molar-refractivity contribution < 1.29 is 0 Å². The topological polar surface area (TPSA) is 17.8 Å². The zero-order chi connectivity index (χ0) is 16.0. The average molecular weight is 321 g/mol. The van der Waals surface area contributed by atoms with Crippen LogP contribution in [0.5, 0.6) is 0 Å². The molecule has 4 aromatic rings. The van der Waals surface area contributed by atoms with Crippen molar-refractivity contribution in [2.24, 2.45) is 0 Å². The van der Waals surface area contributed by atoms with Gasteiger partial charge in [-0.25, -0.2) is 0 Å². The van der Waals surface area contributed by atoms with E-state index in [1.807, 2.05) is 24.3 Å². The summed E-state index contributed by atoms with van der Waals surface area (Å²) in [5, 5.41) is 9.28. The van der Waals surface area contributed by atoms with E-state index in [1.54, 1.807) is 0 Å². The summed E-state index contributed by atoms with van der Waals surface area (Å²) >= 11 is 6.03. The molecule has 1 heterocycles. The van der Waals surface area contributed by atoms with Gasteiger partial charge in [-0.1, -0.05) is 48.0 Å². The molecule has 0 unspecified atom stereocenters. The standard InChI is InChI=1S/C20H17ClN2/c1-13(2)23-19-12-16-6-4-3-5-15(16)11-18(19)20(22-23)14-7-9-17(21)10-8-14/h3-13H,1-2H3. The van der Waals surface area contributed by atoms with Crippen LogP contribution in [0.15, 0.2) is 60.7 Å². The van der Waals surface area contributed by atoms with E-state index in [-0.39, 0.29) is 0 Å². The van der Waals surface area contributed by atoms with Crippen molar-refractivity contribution in [3.05, 3.63) is 65.7 Å². The minimum atomic E-state index is 0.305. The Morgan fingerprint density at radius 1 is 0.913 bits per heavy atom. The minimum Gasteiger partial charge on any atom is -0.262 e. The first-order chi connectivity index (χ1) is 11.1. The maximum atomic E-state index is 6.03. The fourth-order valence-electron chi connectivity index (χ4n) is 3.04. The monoisotopic (exact) mass is 320 g/mol. The van der Waals surface area contributed by atoms with Gasteiger partial charge in [0.05, 0.1) is 5.52 Å². The number of benzene rings is 3. The van der Waals surface area contributed by atoms with Crippen LogP contribution in [0.1, 0.15) is 19.9 Å². The summed E-state index contributed by atoms with van der Waals surface area (Å²) in [6, 6.07) is 21.1. The molecule has 0 aliphatic carbocycles. The molecule has 0 radical (unpaired) electrons. The average Bonchev–Trinajstić information content (AvgIpc) is 2.92. The van der Waals surface area contributed by atoms with E-state index in [2.05, 4.69) is 54.9 Å². The van der Waals surface area contributed by atoms with Crippen molar-refractivity contribution in [2.45, 2.75) is 19.9 Å². The Balaban J connectivity index is 2.07. The van der Waals surface area contributed by atoms with Crippen molar-refractivity contribution >= 4 is 33.3 Å². The third-order valence-corrected chi connectivity index (χ3v) is 4.43. The first-order valence-electron chi connectivity index (χ1n) is 7.80. The van der Waals surface area contributed by atoms with E-state index < -0.39 is 0 Å². The summed E-state index contributed by atoms with van der Waals surface area (Å²) in [5.74, 6) is 0. The molecule has 4 rings (SSSR count). The summed E-state index contributed by atoms with van der Waals surface area (Å²) in [6.45, 7) is 4.32. The molecule has 0 aliphatic rings. The Kier molecular flexibility index (Phi) is 3.35. The molecule has 0 bridgehead atoms. The van der Waals surface area contributed by atoms with E-state index in [9.17, 15) is 0 Å². The molecular weight excluding hydrogens is 304 g/mol. The van der Waals surface area contributed by atoms with E-state index >= 15 is 0 Å². The fourth-order valence-corrected chi connectivity index (χ4v) is 3.16. The van der Waals surface area contributed by atoms with Gasteiger partial charge in [-0.15, -0.1) is 0 Å². The molecule has 2 nitrogen and oxygen atoms in total. The van der Waals surface area contributed by atoms with Crippen LogP contribution in [-0.4, -0.2) is 9.78 Å². The lowest BCUT2D eigenvalue weighted by Gasteiger charge is -2.07. The normalized spacial score (nSPS) is 11.7. The second kappa shape index (κ2) is 5.39. The van der Waals surface area contributed by atoms with Crippen LogP contribution in [0.2, 0.25) is 5.02 Å². The van der Waals surface area contributed by atoms with Crippen LogP contribution in [0.4, 0.5) is 0 Å². The van der Waals surface area contributed by atoms with Gasteiger partial charge in [-0.05, 0) is 48.9 Å². The molecule has 0 spiro atoms. The van der Waals surface area contributed by atoms with Gasteiger partial charge in [0.25, 0.3) is 0 Å². The van der Waals surface area contributed by atoms with Crippen LogP contribution in [0.25, 0.3) is 32.9 Å². The lowest BCUT2D eigenvalue weighted by molar-refractivity contribution is 0.552. The second-order valence-corrected chi connectivity index (χ2v) is 6.55. The Bertz CT molecular complexity index is 997. The molecule has 0 N–H and O–H groups in total. The Morgan fingerprint density at radius 2 is 1.57 bits per heavy atom. The third kappa shape index (κ3) is 2.40. The van der Waals surface area contributed by atoms with Gasteiger partial charge in [-0.2, -0.15) is 5.10 Å². The highest BCUT2D eigenvalue weighted by Gasteiger charge is 2.15. The zero-order valence-corrected chi connectivity index (χ0v) is 13.9. The van der Waals surface area contributed by atoms with Crippen LogP contribution in [0, 0.1) is 0 Å². The molecule has 0 amide bonds. The van der Waals surface area contributed by atoms with Crippen molar-refractivity contribution in [1.82, 2.24) is 9.78 Å². The van der Waals surface area contributed by atoms with Gasteiger partial charge in [0, 0.05) is 22.0 Å². The van der Waals surface area contributed by atoms with Crippen molar-refractivity contribution in [1.29, 1.82) is 0 Å². The number of fused-ring (bicyclic) bond motifs is 2. The summed E-state index contributed by atoms with van der Waals surface area (Å²) < 4.78 is 2.10. The fraction of sp³-hybridized carbons (Fsp3) is 0.150. The first-order valence-corrected chi connectivity index (χ1v) is 8.18. The Morgan fingerprint density at radius 3 is 2.22 bits per heavy atom. The predicted octanol–water partition coefficient (Wildman–Crippen LogP) is 6.09. The van der Waals surface area contributed by atoms with E-state index in [0.717, 1.165) is 16.3 Å². The second-order valence-electron chi connectivity index (χ2n) is 6.11. The van der Waals surface area contributed by atoms with Crippen molar-refractivity contribution in [2.75, 3.05) is 0 Å². The molecule has 0 aliphatic heterocycles. The largest absolute Gasteiger partial charge is 0.262 e. The quantitative estimate of drug-likeness (QED) is 0.437. The number of aromatic nitrogens is 2. The number of halogens is 1. The Labute approximate surface area is 140 Å². The molecule has 1 aromatic heterocycles. The highest BCUT2D eigenvalue weighted by Crippen LogP contribution is 2.33. The van der Waals surface area contributed by atoms with E-state index in [1.165, 1.54) is 21.7 Å². The van der Waals surface area contributed by atoms with Gasteiger partial charge in [0.2, 0.25) is 0 Å². The number of hydrogen-bond acceptors (Lipinski definition) is 1. The van der Waals surface area contributed by atoms with Gasteiger partial charge in [0.1, 0.15) is 5.69 Å². The molecular formula is C20H17ClN2.